The van der Waals surface area contributed by atoms with Gasteiger partial charge in [0, 0.05) is 11.6 Å². The topological polar surface area (TPSA) is 65.4 Å². The Balaban J connectivity index is 2.77. The van der Waals surface area contributed by atoms with E-state index in [1.807, 2.05) is 57.0 Å². The van der Waals surface area contributed by atoms with Crippen LogP contribution >= 0.6 is 0 Å². The maximum atomic E-state index is 12.3. The molecule has 0 heterocycles. The van der Waals surface area contributed by atoms with E-state index in [1.54, 1.807) is 14.0 Å². The number of hydrogen-bond donors (Lipinski definition) is 1. The van der Waals surface area contributed by atoms with Crippen molar-refractivity contribution in [3.8, 4) is 11.8 Å². The van der Waals surface area contributed by atoms with Crippen molar-refractivity contribution in [3.63, 3.8) is 0 Å². The van der Waals surface area contributed by atoms with E-state index in [1.165, 1.54) is 0 Å². The quantitative estimate of drug-likeness (QED) is 0.840. The second-order valence-corrected chi connectivity index (χ2v) is 6.35. The summed E-state index contributed by atoms with van der Waals surface area (Å²) in [6.07, 6.45) is 0. The third kappa shape index (κ3) is 4.70. The minimum absolute atomic E-state index is 0.0179. The number of likely N-dealkylation sites (N-methyl/N-ethyl adjacent to an activating group) is 1. The molecular formula is C18H27N3O2. The highest BCUT2D eigenvalue weighted by molar-refractivity contribution is 5.79. The SMILES string of the molecule is COc1ccccc1C(C)N(C)CC(=O)NC(C)(C#N)C(C)C. The van der Waals surface area contributed by atoms with Gasteiger partial charge in [-0.2, -0.15) is 5.26 Å². The number of rotatable bonds is 7. The van der Waals surface area contributed by atoms with E-state index in [0.29, 0.717) is 0 Å². The van der Waals surface area contributed by atoms with Crippen LogP contribution in [0.1, 0.15) is 39.3 Å². The van der Waals surface area contributed by atoms with Crippen molar-refractivity contribution in [2.24, 2.45) is 5.92 Å². The van der Waals surface area contributed by atoms with Gasteiger partial charge < -0.3 is 10.1 Å². The predicted molar refractivity (Wildman–Crippen MR) is 91.0 cm³/mol. The average molecular weight is 317 g/mol. The van der Waals surface area contributed by atoms with Gasteiger partial charge in [0.25, 0.3) is 0 Å². The van der Waals surface area contributed by atoms with E-state index >= 15 is 0 Å². The molecule has 126 valence electrons. The molecule has 1 aromatic rings. The van der Waals surface area contributed by atoms with Crippen LogP contribution in [0.4, 0.5) is 0 Å². The summed E-state index contributed by atoms with van der Waals surface area (Å²) in [4.78, 5) is 14.2. The first-order valence-electron chi connectivity index (χ1n) is 7.80. The van der Waals surface area contributed by atoms with Gasteiger partial charge >= 0.3 is 0 Å². The number of nitriles is 1. The van der Waals surface area contributed by atoms with Crippen LogP contribution in [0.15, 0.2) is 24.3 Å². The minimum Gasteiger partial charge on any atom is -0.496 e. The number of amides is 1. The first-order chi connectivity index (χ1) is 10.7. The zero-order valence-electron chi connectivity index (χ0n) is 14.9. The molecule has 0 aliphatic carbocycles. The molecule has 0 radical (unpaired) electrons. The van der Waals surface area contributed by atoms with Crippen LogP contribution in [0.5, 0.6) is 5.75 Å². The molecule has 1 aromatic carbocycles. The third-order valence-electron chi connectivity index (χ3n) is 4.43. The largest absolute Gasteiger partial charge is 0.496 e. The summed E-state index contributed by atoms with van der Waals surface area (Å²) in [5.74, 6) is 0.677. The molecule has 5 heteroatoms. The van der Waals surface area contributed by atoms with E-state index in [2.05, 4.69) is 11.4 Å². The fourth-order valence-corrected chi connectivity index (χ4v) is 2.24. The molecule has 1 N–H and O–H groups in total. The molecule has 1 rings (SSSR count). The highest BCUT2D eigenvalue weighted by atomic mass is 16.5. The number of hydrogen-bond acceptors (Lipinski definition) is 4. The molecule has 0 aliphatic heterocycles. The number of nitrogens with one attached hydrogen (secondary N) is 1. The maximum absolute atomic E-state index is 12.3. The van der Waals surface area contributed by atoms with Crippen molar-refractivity contribution in [2.75, 3.05) is 20.7 Å². The lowest BCUT2D eigenvalue weighted by atomic mass is 9.90. The summed E-state index contributed by atoms with van der Waals surface area (Å²) >= 11 is 0. The molecule has 0 aromatic heterocycles. The minimum atomic E-state index is -0.856. The van der Waals surface area contributed by atoms with Crippen molar-refractivity contribution in [2.45, 2.75) is 39.3 Å². The van der Waals surface area contributed by atoms with Gasteiger partial charge in [-0.15, -0.1) is 0 Å². The van der Waals surface area contributed by atoms with Crippen LogP contribution in [0, 0.1) is 17.2 Å². The van der Waals surface area contributed by atoms with Crippen LogP contribution in [0.25, 0.3) is 0 Å². The molecule has 0 bridgehead atoms. The van der Waals surface area contributed by atoms with E-state index < -0.39 is 5.54 Å². The standard InChI is InChI=1S/C18H27N3O2/c1-13(2)18(4,12-19)20-17(22)11-21(5)14(3)15-9-7-8-10-16(15)23-6/h7-10,13-14H,11H2,1-6H3,(H,20,22). The zero-order valence-corrected chi connectivity index (χ0v) is 14.9. The summed E-state index contributed by atoms with van der Waals surface area (Å²) in [5.41, 5.74) is 0.170. The second-order valence-electron chi connectivity index (χ2n) is 6.35. The Morgan fingerprint density at radius 3 is 2.52 bits per heavy atom. The van der Waals surface area contributed by atoms with Gasteiger partial charge in [-0.25, -0.2) is 0 Å². The normalized spacial score (nSPS) is 14.9. The van der Waals surface area contributed by atoms with Crippen molar-refractivity contribution in [1.82, 2.24) is 10.2 Å². The smallest absolute Gasteiger partial charge is 0.235 e. The number of para-hydroxylation sites is 1. The lowest BCUT2D eigenvalue weighted by molar-refractivity contribution is -0.124. The number of benzene rings is 1. The molecule has 0 spiro atoms. The van der Waals surface area contributed by atoms with E-state index in [0.717, 1.165) is 11.3 Å². The van der Waals surface area contributed by atoms with E-state index in [-0.39, 0.29) is 24.4 Å². The predicted octanol–water partition coefficient (Wildman–Crippen LogP) is 2.74. The van der Waals surface area contributed by atoms with Gasteiger partial charge in [0.15, 0.2) is 0 Å². The Morgan fingerprint density at radius 1 is 1.39 bits per heavy atom. The summed E-state index contributed by atoms with van der Waals surface area (Å²) in [6.45, 7) is 7.83. The highest BCUT2D eigenvalue weighted by Gasteiger charge is 2.30. The van der Waals surface area contributed by atoms with Gasteiger partial charge in [0.2, 0.25) is 5.91 Å². The second kappa shape index (κ2) is 7.98. The van der Waals surface area contributed by atoms with Crippen LogP contribution in [0.2, 0.25) is 0 Å². The van der Waals surface area contributed by atoms with Crippen molar-refractivity contribution in [3.05, 3.63) is 29.8 Å². The van der Waals surface area contributed by atoms with Crippen molar-refractivity contribution in [1.29, 1.82) is 5.26 Å². The molecule has 2 atom stereocenters. The Kier molecular flexibility index (Phi) is 6.59. The Bertz CT molecular complexity index is 580. The fourth-order valence-electron chi connectivity index (χ4n) is 2.24. The van der Waals surface area contributed by atoms with E-state index in [9.17, 15) is 10.1 Å². The molecule has 0 saturated heterocycles. The first-order valence-corrected chi connectivity index (χ1v) is 7.80. The molecule has 0 fully saturated rings. The molecule has 0 aliphatic rings. The number of carbonyl (C=O) groups excluding carboxylic acids is 1. The molecule has 2 unspecified atom stereocenters. The first kappa shape index (κ1) is 19.0. The van der Waals surface area contributed by atoms with Crippen molar-refractivity contribution < 1.29 is 9.53 Å². The fraction of sp³-hybridized carbons (Fsp3) is 0.556. The summed E-state index contributed by atoms with van der Waals surface area (Å²) in [6, 6.07) is 9.98. The summed E-state index contributed by atoms with van der Waals surface area (Å²) in [7, 11) is 3.52. The number of carbonyl (C=O) groups is 1. The number of ether oxygens (including phenoxy) is 1. The van der Waals surface area contributed by atoms with Crippen LogP contribution in [0.3, 0.4) is 0 Å². The molecule has 0 saturated carbocycles. The molecule has 23 heavy (non-hydrogen) atoms. The Morgan fingerprint density at radius 2 is 2.00 bits per heavy atom. The highest BCUT2D eigenvalue weighted by Crippen LogP contribution is 2.27. The van der Waals surface area contributed by atoms with Gasteiger partial charge in [-0.05, 0) is 32.9 Å². The molecular weight excluding hydrogens is 290 g/mol. The van der Waals surface area contributed by atoms with Gasteiger partial charge in [0.05, 0.1) is 19.7 Å². The Labute approximate surface area is 139 Å². The lowest BCUT2D eigenvalue weighted by Gasteiger charge is -2.30. The average Bonchev–Trinajstić information content (AvgIpc) is 2.53. The monoisotopic (exact) mass is 317 g/mol. The van der Waals surface area contributed by atoms with Gasteiger partial charge in [0.1, 0.15) is 11.3 Å². The number of nitrogens with zero attached hydrogens (tertiary/aromatic N) is 2. The van der Waals surface area contributed by atoms with Crippen LogP contribution < -0.4 is 10.1 Å². The van der Waals surface area contributed by atoms with Crippen LogP contribution in [-0.2, 0) is 4.79 Å². The summed E-state index contributed by atoms with van der Waals surface area (Å²) < 4.78 is 5.38. The number of methoxy groups -OCH3 is 1. The third-order valence-corrected chi connectivity index (χ3v) is 4.43. The van der Waals surface area contributed by atoms with Crippen LogP contribution in [-0.4, -0.2) is 37.0 Å². The van der Waals surface area contributed by atoms with Crippen molar-refractivity contribution >= 4 is 5.91 Å². The van der Waals surface area contributed by atoms with Gasteiger partial charge in [-0.3, -0.25) is 9.69 Å². The molecule has 1 amide bonds. The molecule has 5 nitrogen and oxygen atoms in total. The zero-order chi connectivity index (χ0) is 17.6. The van der Waals surface area contributed by atoms with E-state index in [4.69, 9.17) is 4.74 Å². The lowest BCUT2D eigenvalue weighted by Crippen LogP contribution is -2.51. The Hall–Kier alpha value is -2.06. The summed E-state index contributed by atoms with van der Waals surface area (Å²) in [5, 5.41) is 12.1. The van der Waals surface area contributed by atoms with Gasteiger partial charge in [-0.1, -0.05) is 32.0 Å². The maximum Gasteiger partial charge on any atom is 0.235 e.